The van der Waals surface area contributed by atoms with Gasteiger partial charge in [-0.1, -0.05) is 12.1 Å². The summed E-state index contributed by atoms with van der Waals surface area (Å²) in [6, 6.07) is 9.29. The number of nitrogens with zero attached hydrogens (tertiary/aromatic N) is 1. The monoisotopic (exact) mass is 277 g/mol. The molecule has 19 heavy (non-hydrogen) atoms. The van der Waals surface area contributed by atoms with Crippen molar-refractivity contribution in [1.29, 1.82) is 0 Å². The fourth-order valence-corrected chi connectivity index (χ4v) is 2.25. The minimum Gasteiger partial charge on any atom is -0.375 e. The van der Waals surface area contributed by atoms with E-state index in [2.05, 4.69) is 16.5 Å². The number of rotatable bonds is 6. The quantitative estimate of drug-likeness (QED) is 0.363. The van der Waals surface area contributed by atoms with Crippen LogP contribution in [0.5, 0.6) is 0 Å². The van der Waals surface area contributed by atoms with Gasteiger partial charge < -0.3 is 4.74 Å². The van der Waals surface area contributed by atoms with Gasteiger partial charge in [0.2, 0.25) is 0 Å². The molecule has 0 saturated heterocycles. The van der Waals surface area contributed by atoms with Gasteiger partial charge >= 0.3 is 0 Å². The predicted molar refractivity (Wildman–Crippen MR) is 73.6 cm³/mol. The fraction of sp³-hybridized carbons (Fsp3) is 0.231. The highest BCUT2D eigenvalue weighted by atomic mass is 32.1. The standard InChI is InChI=1S/C13H15N3O2S/c14-16-13(17)12-5-1-3-10(15-12)9-18-7-6-11-4-2-8-19-11/h1-5,8H,6-7,9,14H2,(H,16,17). The third-order valence-electron chi connectivity index (χ3n) is 2.49. The number of carbonyl (C=O) groups excluding carboxylic acids is 1. The van der Waals surface area contributed by atoms with Gasteiger partial charge in [0.15, 0.2) is 0 Å². The Balaban J connectivity index is 1.81. The number of nitrogens with two attached hydrogens (primary N) is 1. The van der Waals surface area contributed by atoms with Crippen LogP contribution in [0.2, 0.25) is 0 Å². The van der Waals surface area contributed by atoms with Gasteiger partial charge in [0.1, 0.15) is 5.69 Å². The van der Waals surface area contributed by atoms with Gasteiger partial charge in [0.05, 0.1) is 18.9 Å². The molecule has 2 heterocycles. The first-order valence-corrected chi connectivity index (χ1v) is 6.74. The molecule has 0 radical (unpaired) electrons. The highest BCUT2D eigenvalue weighted by Crippen LogP contribution is 2.09. The first-order chi connectivity index (χ1) is 9.29. The van der Waals surface area contributed by atoms with Crippen molar-refractivity contribution in [3.05, 3.63) is 52.0 Å². The van der Waals surface area contributed by atoms with Gasteiger partial charge in [-0.3, -0.25) is 10.2 Å². The number of hydrogen-bond donors (Lipinski definition) is 2. The maximum absolute atomic E-state index is 11.3. The fourth-order valence-electron chi connectivity index (χ4n) is 1.56. The van der Waals surface area contributed by atoms with Crippen LogP contribution in [0.4, 0.5) is 0 Å². The van der Waals surface area contributed by atoms with Gasteiger partial charge in [-0.05, 0) is 23.6 Å². The summed E-state index contributed by atoms with van der Waals surface area (Å²) in [5, 5.41) is 2.05. The first-order valence-electron chi connectivity index (χ1n) is 5.86. The molecule has 2 rings (SSSR count). The SMILES string of the molecule is NNC(=O)c1cccc(COCCc2cccs2)n1. The van der Waals surface area contributed by atoms with E-state index < -0.39 is 5.91 Å². The Morgan fingerprint density at radius 2 is 2.26 bits per heavy atom. The highest BCUT2D eigenvalue weighted by molar-refractivity contribution is 7.09. The normalized spacial score (nSPS) is 10.4. The molecule has 0 saturated carbocycles. The molecule has 3 N–H and O–H groups in total. The lowest BCUT2D eigenvalue weighted by molar-refractivity contribution is 0.0946. The lowest BCUT2D eigenvalue weighted by Crippen LogP contribution is -2.30. The average molecular weight is 277 g/mol. The summed E-state index contributed by atoms with van der Waals surface area (Å²) < 4.78 is 5.54. The van der Waals surface area contributed by atoms with Crippen molar-refractivity contribution >= 4 is 17.2 Å². The zero-order valence-electron chi connectivity index (χ0n) is 10.3. The van der Waals surface area contributed by atoms with E-state index in [1.165, 1.54) is 4.88 Å². The number of hydrogen-bond acceptors (Lipinski definition) is 5. The number of amides is 1. The van der Waals surface area contributed by atoms with Crippen LogP contribution in [0.25, 0.3) is 0 Å². The molecule has 2 aromatic rings. The second-order valence-electron chi connectivity index (χ2n) is 3.87. The summed E-state index contributed by atoms with van der Waals surface area (Å²) >= 11 is 1.72. The van der Waals surface area contributed by atoms with Gasteiger partial charge in [-0.15, -0.1) is 11.3 Å². The molecule has 0 fully saturated rings. The Kier molecular flexibility index (Phi) is 5.02. The zero-order chi connectivity index (χ0) is 13.5. The van der Waals surface area contributed by atoms with E-state index in [0.29, 0.717) is 24.6 Å². The number of pyridine rings is 1. The van der Waals surface area contributed by atoms with Gasteiger partial charge in [0.25, 0.3) is 5.91 Å². The molecule has 0 aromatic carbocycles. The molecule has 0 spiro atoms. The summed E-state index contributed by atoms with van der Waals surface area (Å²) in [5.74, 6) is 4.66. The summed E-state index contributed by atoms with van der Waals surface area (Å²) in [6.45, 7) is 1.02. The second kappa shape index (κ2) is 6.98. The summed E-state index contributed by atoms with van der Waals surface area (Å²) in [6.07, 6.45) is 0.890. The third kappa shape index (κ3) is 4.13. The number of nitrogen functional groups attached to an aromatic ring is 1. The van der Waals surface area contributed by atoms with Crippen LogP contribution in [0.15, 0.2) is 35.7 Å². The van der Waals surface area contributed by atoms with Crippen molar-refractivity contribution in [2.75, 3.05) is 6.61 Å². The molecule has 0 aliphatic carbocycles. The van der Waals surface area contributed by atoms with Crippen molar-refractivity contribution in [2.45, 2.75) is 13.0 Å². The molecule has 0 aliphatic rings. The lowest BCUT2D eigenvalue weighted by atomic mass is 10.3. The number of aromatic nitrogens is 1. The van der Waals surface area contributed by atoms with Crippen LogP contribution in [0, 0.1) is 0 Å². The van der Waals surface area contributed by atoms with Crippen molar-refractivity contribution in [2.24, 2.45) is 5.84 Å². The Hall–Kier alpha value is -1.76. The van der Waals surface area contributed by atoms with E-state index in [9.17, 15) is 4.79 Å². The predicted octanol–water partition coefficient (Wildman–Crippen LogP) is 1.51. The summed E-state index contributed by atoms with van der Waals surface area (Å²) in [5.41, 5.74) is 3.06. The molecular formula is C13H15N3O2S. The number of hydrazine groups is 1. The number of carbonyl (C=O) groups is 1. The first kappa shape index (κ1) is 13.7. The van der Waals surface area contributed by atoms with Crippen LogP contribution in [0.1, 0.15) is 21.1 Å². The Morgan fingerprint density at radius 1 is 1.37 bits per heavy atom. The molecule has 0 atom stereocenters. The van der Waals surface area contributed by atoms with Crippen molar-refractivity contribution in [1.82, 2.24) is 10.4 Å². The maximum atomic E-state index is 11.3. The molecular weight excluding hydrogens is 262 g/mol. The van der Waals surface area contributed by atoms with Crippen molar-refractivity contribution in [3.63, 3.8) is 0 Å². The molecule has 0 aliphatic heterocycles. The Bertz CT molecular complexity index is 528. The molecule has 2 aromatic heterocycles. The van der Waals surface area contributed by atoms with Crippen molar-refractivity contribution in [3.8, 4) is 0 Å². The maximum Gasteiger partial charge on any atom is 0.283 e. The van der Waals surface area contributed by atoms with Crippen LogP contribution in [-0.4, -0.2) is 17.5 Å². The van der Waals surface area contributed by atoms with Gasteiger partial charge in [0, 0.05) is 11.3 Å². The third-order valence-corrected chi connectivity index (χ3v) is 3.43. The largest absolute Gasteiger partial charge is 0.375 e. The zero-order valence-corrected chi connectivity index (χ0v) is 11.2. The van der Waals surface area contributed by atoms with E-state index in [1.54, 1.807) is 23.5 Å². The van der Waals surface area contributed by atoms with E-state index in [-0.39, 0.29) is 0 Å². The van der Waals surface area contributed by atoms with Crippen LogP contribution >= 0.6 is 11.3 Å². The lowest BCUT2D eigenvalue weighted by Gasteiger charge is -2.05. The highest BCUT2D eigenvalue weighted by Gasteiger charge is 2.05. The van der Waals surface area contributed by atoms with E-state index in [1.807, 2.05) is 17.5 Å². The molecule has 5 nitrogen and oxygen atoms in total. The van der Waals surface area contributed by atoms with Crippen LogP contribution < -0.4 is 11.3 Å². The summed E-state index contributed by atoms with van der Waals surface area (Å²) in [4.78, 5) is 16.8. The van der Waals surface area contributed by atoms with Crippen LogP contribution in [0.3, 0.4) is 0 Å². The Labute approximate surface area is 115 Å². The number of thiophene rings is 1. The Morgan fingerprint density at radius 3 is 3.00 bits per heavy atom. The smallest absolute Gasteiger partial charge is 0.283 e. The van der Waals surface area contributed by atoms with E-state index in [4.69, 9.17) is 10.6 Å². The minimum atomic E-state index is -0.402. The van der Waals surface area contributed by atoms with Crippen LogP contribution in [-0.2, 0) is 17.8 Å². The molecule has 1 amide bonds. The number of ether oxygens (including phenoxy) is 1. The van der Waals surface area contributed by atoms with E-state index >= 15 is 0 Å². The number of nitrogens with one attached hydrogen (secondary N) is 1. The molecule has 0 unspecified atom stereocenters. The average Bonchev–Trinajstić information content (AvgIpc) is 2.96. The second-order valence-corrected chi connectivity index (χ2v) is 4.90. The van der Waals surface area contributed by atoms with Gasteiger partial charge in [-0.2, -0.15) is 0 Å². The minimum absolute atomic E-state index is 0.293. The summed E-state index contributed by atoms with van der Waals surface area (Å²) in [7, 11) is 0. The van der Waals surface area contributed by atoms with Gasteiger partial charge in [-0.25, -0.2) is 10.8 Å². The van der Waals surface area contributed by atoms with E-state index in [0.717, 1.165) is 6.42 Å². The molecule has 0 bridgehead atoms. The molecule has 6 heteroatoms. The molecule has 100 valence electrons. The topological polar surface area (TPSA) is 77.2 Å². The van der Waals surface area contributed by atoms with Crippen molar-refractivity contribution < 1.29 is 9.53 Å².